The highest BCUT2D eigenvalue weighted by atomic mass is 16.5. The van der Waals surface area contributed by atoms with E-state index >= 15 is 0 Å². The molecule has 0 bridgehead atoms. The molecule has 0 aromatic carbocycles. The van der Waals surface area contributed by atoms with E-state index in [1.807, 2.05) is 4.68 Å². The van der Waals surface area contributed by atoms with E-state index in [9.17, 15) is 0 Å². The van der Waals surface area contributed by atoms with Crippen LogP contribution in [-0.4, -0.2) is 46.2 Å². The van der Waals surface area contributed by atoms with E-state index in [4.69, 9.17) is 9.84 Å². The highest BCUT2D eigenvalue weighted by Crippen LogP contribution is 1.95. The molecule has 1 aromatic heterocycles. The summed E-state index contributed by atoms with van der Waals surface area (Å²) in [7, 11) is 0. The number of hydrogen-bond donors (Lipinski definition) is 2. The summed E-state index contributed by atoms with van der Waals surface area (Å²) >= 11 is 0. The summed E-state index contributed by atoms with van der Waals surface area (Å²) in [6.45, 7) is 5.84. The molecule has 1 rings (SSSR count). The Bertz CT molecular complexity index is 291. The van der Waals surface area contributed by atoms with Gasteiger partial charge < -0.3 is 15.2 Å². The van der Waals surface area contributed by atoms with Gasteiger partial charge in [0.05, 0.1) is 19.8 Å². The Morgan fingerprint density at radius 3 is 3.12 bits per heavy atom. The molecule has 0 saturated carbocycles. The lowest BCUT2D eigenvalue weighted by atomic mass is 10.4. The number of aromatic nitrogens is 3. The molecule has 0 saturated heterocycles. The van der Waals surface area contributed by atoms with Crippen LogP contribution < -0.4 is 5.32 Å². The van der Waals surface area contributed by atoms with Gasteiger partial charge in [0, 0.05) is 13.2 Å². The van der Waals surface area contributed by atoms with Gasteiger partial charge in [0.25, 0.3) is 0 Å². The quantitative estimate of drug-likeness (QED) is 0.573. The molecule has 1 heterocycles. The van der Waals surface area contributed by atoms with Crippen molar-refractivity contribution in [2.45, 2.75) is 32.9 Å². The third kappa shape index (κ3) is 5.76. The van der Waals surface area contributed by atoms with Crippen LogP contribution in [0.25, 0.3) is 0 Å². The van der Waals surface area contributed by atoms with Crippen molar-refractivity contribution in [1.82, 2.24) is 20.1 Å². The maximum absolute atomic E-state index is 8.52. The summed E-state index contributed by atoms with van der Waals surface area (Å²) in [5.74, 6) is 0.975. The number of aliphatic hydroxyl groups is 1. The Morgan fingerprint density at radius 2 is 2.35 bits per heavy atom. The summed E-state index contributed by atoms with van der Waals surface area (Å²) in [5.41, 5.74) is 0. The second kappa shape index (κ2) is 9.09. The lowest BCUT2D eigenvalue weighted by Crippen LogP contribution is -2.20. The zero-order valence-electron chi connectivity index (χ0n) is 10.4. The second-order valence-corrected chi connectivity index (χ2v) is 3.77. The lowest BCUT2D eigenvalue weighted by Gasteiger charge is -2.06. The first-order valence-corrected chi connectivity index (χ1v) is 6.14. The molecule has 2 N–H and O–H groups in total. The van der Waals surface area contributed by atoms with E-state index in [0.717, 1.165) is 38.3 Å². The number of nitrogens with zero attached hydrogens (tertiary/aromatic N) is 3. The molecule has 0 unspecified atom stereocenters. The summed E-state index contributed by atoms with van der Waals surface area (Å²) in [6, 6.07) is 0. The first-order valence-electron chi connectivity index (χ1n) is 6.14. The van der Waals surface area contributed by atoms with E-state index in [1.54, 1.807) is 6.33 Å². The van der Waals surface area contributed by atoms with Crippen LogP contribution in [0.1, 0.15) is 25.6 Å². The minimum atomic E-state index is 0.0908. The number of ether oxygens (including phenoxy) is 1. The van der Waals surface area contributed by atoms with E-state index < -0.39 is 0 Å². The number of nitrogens with one attached hydrogen (secondary N) is 1. The number of rotatable bonds is 10. The van der Waals surface area contributed by atoms with E-state index in [2.05, 4.69) is 22.3 Å². The molecule has 0 aliphatic heterocycles. The molecule has 0 amide bonds. The van der Waals surface area contributed by atoms with Gasteiger partial charge in [-0.15, -0.1) is 0 Å². The molecular formula is C11H22N4O2. The van der Waals surface area contributed by atoms with Crippen molar-refractivity contribution in [2.24, 2.45) is 0 Å². The first-order chi connectivity index (χ1) is 8.38. The summed E-state index contributed by atoms with van der Waals surface area (Å²) in [4.78, 5) is 4.21. The molecule has 6 heteroatoms. The van der Waals surface area contributed by atoms with Gasteiger partial charge in [-0.1, -0.05) is 6.92 Å². The standard InChI is InChI=1S/C11H22N4O2/c1-2-5-15-11(13-10-14-15)9-12-4-3-7-17-8-6-16/h10,12,16H,2-9H2,1H3. The predicted octanol–water partition coefficient (Wildman–Crippen LogP) is 0.177. The molecule has 0 aliphatic carbocycles. The predicted molar refractivity (Wildman–Crippen MR) is 64.5 cm³/mol. The van der Waals surface area contributed by atoms with E-state index in [0.29, 0.717) is 13.2 Å². The van der Waals surface area contributed by atoms with Crippen LogP contribution in [0, 0.1) is 0 Å². The van der Waals surface area contributed by atoms with Crippen LogP contribution >= 0.6 is 0 Å². The van der Waals surface area contributed by atoms with Gasteiger partial charge in [0.2, 0.25) is 0 Å². The Morgan fingerprint density at radius 1 is 1.47 bits per heavy atom. The number of aryl methyl sites for hydroxylation is 1. The molecule has 1 aromatic rings. The van der Waals surface area contributed by atoms with Gasteiger partial charge in [0.15, 0.2) is 0 Å². The van der Waals surface area contributed by atoms with Gasteiger partial charge in [0.1, 0.15) is 12.2 Å². The van der Waals surface area contributed by atoms with Crippen LogP contribution in [0.2, 0.25) is 0 Å². The fraction of sp³-hybridized carbons (Fsp3) is 0.818. The van der Waals surface area contributed by atoms with Crippen LogP contribution in [0.5, 0.6) is 0 Å². The summed E-state index contributed by atoms with van der Waals surface area (Å²) in [5, 5.41) is 16.0. The normalized spacial score (nSPS) is 10.9. The van der Waals surface area contributed by atoms with Crippen molar-refractivity contribution in [3.63, 3.8) is 0 Å². The van der Waals surface area contributed by atoms with Crippen molar-refractivity contribution in [3.8, 4) is 0 Å². The molecular weight excluding hydrogens is 220 g/mol. The Hall–Kier alpha value is -0.980. The van der Waals surface area contributed by atoms with Crippen LogP contribution in [0.15, 0.2) is 6.33 Å². The van der Waals surface area contributed by atoms with Gasteiger partial charge in [-0.05, 0) is 19.4 Å². The molecule has 98 valence electrons. The SMILES string of the molecule is CCCn1ncnc1CNCCCOCCO. The van der Waals surface area contributed by atoms with Gasteiger partial charge in [-0.2, -0.15) is 5.10 Å². The average molecular weight is 242 g/mol. The van der Waals surface area contributed by atoms with Gasteiger partial charge in [-0.3, -0.25) is 0 Å². The van der Waals surface area contributed by atoms with Gasteiger partial charge in [-0.25, -0.2) is 9.67 Å². The molecule has 0 radical (unpaired) electrons. The monoisotopic (exact) mass is 242 g/mol. The zero-order valence-corrected chi connectivity index (χ0v) is 10.4. The zero-order chi connectivity index (χ0) is 12.3. The van der Waals surface area contributed by atoms with Crippen molar-refractivity contribution in [2.75, 3.05) is 26.4 Å². The molecule has 0 fully saturated rings. The number of aliphatic hydroxyl groups excluding tert-OH is 1. The fourth-order valence-corrected chi connectivity index (χ4v) is 1.49. The Kier molecular flexibility index (Phi) is 7.53. The topological polar surface area (TPSA) is 72.2 Å². The molecule has 0 atom stereocenters. The van der Waals surface area contributed by atoms with Crippen LogP contribution in [-0.2, 0) is 17.8 Å². The Labute approximate surface area is 102 Å². The summed E-state index contributed by atoms with van der Waals surface area (Å²) < 4.78 is 7.09. The average Bonchev–Trinajstić information content (AvgIpc) is 2.76. The smallest absolute Gasteiger partial charge is 0.140 e. The van der Waals surface area contributed by atoms with Crippen molar-refractivity contribution < 1.29 is 9.84 Å². The molecule has 0 aliphatic rings. The van der Waals surface area contributed by atoms with Crippen LogP contribution in [0.4, 0.5) is 0 Å². The fourth-order valence-electron chi connectivity index (χ4n) is 1.49. The Balaban J connectivity index is 2.07. The van der Waals surface area contributed by atoms with Crippen LogP contribution in [0.3, 0.4) is 0 Å². The minimum Gasteiger partial charge on any atom is -0.394 e. The van der Waals surface area contributed by atoms with E-state index in [-0.39, 0.29) is 6.61 Å². The maximum Gasteiger partial charge on any atom is 0.140 e. The highest BCUT2D eigenvalue weighted by molar-refractivity contribution is 4.83. The lowest BCUT2D eigenvalue weighted by molar-refractivity contribution is 0.0907. The molecule has 6 nitrogen and oxygen atoms in total. The van der Waals surface area contributed by atoms with Crippen molar-refractivity contribution >= 4 is 0 Å². The third-order valence-electron chi connectivity index (χ3n) is 2.29. The molecule has 17 heavy (non-hydrogen) atoms. The third-order valence-corrected chi connectivity index (χ3v) is 2.29. The second-order valence-electron chi connectivity index (χ2n) is 3.77. The maximum atomic E-state index is 8.52. The minimum absolute atomic E-state index is 0.0908. The summed E-state index contributed by atoms with van der Waals surface area (Å²) in [6.07, 6.45) is 3.59. The van der Waals surface area contributed by atoms with Crippen molar-refractivity contribution in [1.29, 1.82) is 0 Å². The highest BCUT2D eigenvalue weighted by Gasteiger charge is 2.01. The number of hydrogen-bond acceptors (Lipinski definition) is 5. The van der Waals surface area contributed by atoms with E-state index in [1.165, 1.54) is 0 Å². The molecule has 0 spiro atoms. The van der Waals surface area contributed by atoms with Crippen molar-refractivity contribution in [3.05, 3.63) is 12.2 Å². The van der Waals surface area contributed by atoms with Gasteiger partial charge >= 0.3 is 0 Å². The first kappa shape index (κ1) is 14.1. The largest absolute Gasteiger partial charge is 0.394 e.